The van der Waals surface area contributed by atoms with E-state index < -0.39 is 26.3 Å². The zero-order chi connectivity index (χ0) is 33.9. The smallest absolute Gasteiger partial charge is 0.293 e. The second-order valence-electron chi connectivity index (χ2n) is 12.4. The molecule has 2 aromatic carbocycles. The maximum atomic E-state index is 13.6. The fourth-order valence-electron chi connectivity index (χ4n) is 6.58. The van der Waals surface area contributed by atoms with Crippen LogP contribution in [0.25, 0.3) is 11.0 Å². The topological polar surface area (TPSA) is 160 Å². The molecular formula is C34H40N6O7S. The predicted octanol–water partition coefficient (Wildman–Crippen LogP) is 5.29. The maximum Gasteiger partial charge on any atom is 0.293 e. The summed E-state index contributed by atoms with van der Waals surface area (Å²) in [7, 11) is -4.25. The molecule has 13 nitrogen and oxygen atoms in total. The number of anilines is 2. The van der Waals surface area contributed by atoms with Crippen molar-refractivity contribution in [2.75, 3.05) is 68.5 Å². The van der Waals surface area contributed by atoms with Crippen LogP contribution in [0.15, 0.2) is 65.8 Å². The number of likely N-dealkylation sites (tertiary alicyclic amines) is 1. The van der Waals surface area contributed by atoms with Gasteiger partial charge in [-0.1, -0.05) is 0 Å². The van der Waals surface area contributed by atoms with Crippen molar-refractivity contribution >= 4 is 43.7 Å². The molecule has 2 N–H and O–H groups in total. The number of H-pyrrole nitrogens is 1. The average molecular weight is 677 g/mol. The Labute approximate surface area is 279 Å². The average Bonchev–Trinajstić information content (AvgIpc) is 3.53. The van der Waals surface area contributed by atoms with Crippen molar-refractivity contribution in [2.45, 2.75) is 31.6 Å². The number of aromatic amines is 1. The molecule has 1 spiro atoms. The lowest BCUT2D eigenvalue weighted by molar-refractivity contribution is -0.384. The Kier molecular flexibility index (Phi) is 9.67. The van der Waals surface area contributed by atoms with Crippen molar-refractivity contribution in [1.82, 2.24) is 14.9 Å². The van der Waals surface area contributed by atoms with E-state index in [1.807, 2.05) is 19.9 Å². The minimum absolute atomic E-state index is 0.0740. The summed E-state index contributed by atoms with van der Waals surface area (Å²) in [6.45, 7) is 10.2. The molecule has 14 heteroatoms. The monoisotopic (exact) mass is 676 g/mol. The molecule has 2 saturated heterocycles. The van der Waals surface area contributed by atoms with E-state index in [0.29, 0.717) is 43.0 Å². The number of nitrogens with one attached hydrogen (secondary N) is 2. The molecule has 6 rings (SSSR count). The zero-order valence-electron chi connectivity index (χ0n) is 27.1. The van der Waals surface area contributed by atoms with E-state index in [-0.39, 0.29) is 27.6 Å². The number of sulfone groups is 1. The van der Waals surface area contributed by atoms with Crippen molar-refractivity contribution in [2.24, 2.45) is 5.41 Å². The van der Waals surface area contributed by atoms with Gasteiger partial charge in [0.1, 0.15) is 28.6 Å². The van der Waals surface area contributed by atoms with Gasteiger partial charge in [0.2, 0.25) is 0 Å². The van der Waals surface area contributed by atoms with Gasteiger partial charge in [0, 0.05) is 87.3 Å². The van der Waals surface area contributed by atoms with E-state index in [2.05, 4.69) is 25.1 Å². The summed E-state index contributed by atoms with van der Waals surface area (Å²) in [5, 5.41) is 15.9. The Balaban J connectivity index is 1.17. The number of nitro benzene ring substituents is 1. The fraction of sp³-hybridized carbons (Fsp3) is 0.412. The number of pyridine rings is 1. The number of nitro groups is 1. The maximum absolute atomic E-state index is 13.6. The van der Waals surface area contributed by atoms with Crippen molar-refractivity contribution in [1.29, 1.82) is 0 Å². The minimum Gasteiger partial charge on any atom is -0.455 e. The van der Waals surface area contributed by atoms with Gasteiger partial charge in [-0.15, -0.1) is 0 Å². The number of rotatable bonds is 14. The van der Waals surface area contributed by atoms with Gasteiger partial charge < -0.3 is 29.6 Å². The third-order valence-corrected chi connectivity index (χ3v) is 10.9. The highest BCUT2D eigenvalue weighted by molar-refractivity contribution is 7.92. The summed E-state index contributed by atoms with van der Waals surface area (Å²) in [6, 6.07) is 12.3. The van der Waals surface area contributed by atoms with Gasteiger partial charge in [-0.05, 0) is 63.1 Å². The van der Waals surface area contributed by atoms with Gasteiger partial charge in [-0.25, -0.2) is 13.4 Å². The number of carbonyl (C=O) groups is 1. The summed E-state index contributed by atoms with van der Waals surface area (Å²) in [4.78, 5) is 36.4. The molecule has 0 saturated carbocycles. The molecule has 254 valence electrons. The molecule has 0 aliphatic carbocycles. The third kappa shape index (κ3) is 7.15. The largest absolute Gasteiger partial charge is 0.455 e. The van der Waals surface area contributed by atoms with Crippen molar-refractivity contribution in [3.8, 4) is 11.5 Å². The molecule has 2 aliphatic heterocycles. The number of ether oxygens (including phenoxy) is 2. The van der Waals surface area contributed by atoms with E-state index in [1.54, 1.807) is 30.5 Å². The molecule has 0 radical (unpaired) electrons. The summed E-state index contributed by atoms with van der Waals surface area (Å²) in [5.74, 6) is -1.03. The molecule has 4 aromatic rings. The first-order valence-corrected chi connectivity index (χ1v) is 17.8. The Morgan fingerprint density at radius 3 is 2.62 bits per heavy atom. The van der Waals surface area contributed by atoms with Crippen LogP contribution in [0.2, 0.25) is 0 Å². The molecule has 48 heavy (non-hydrogen) atoms. The second kappa shape index (κ2) is 13.9. The van der Waals surface area contributed by atoms with Gasteiger partial charge in [-0.2, -0.15) is 0 Å². The van der Waals surface area contributed by atoms with Crippen LogP contribution in [0.3, 0.4) is 0 Å². The standard InChI is InChI=1S/C34H40N6O7S/c1-3-39(4-2)25-5-7-28(32(18-25)47-26-17-24-9-12-36-33(24)37-20-26)31(41)21-48(44,45)27-6-8-29(30(19-27)40(42)43)35-13-14-38-22-34(23-38)10-15-46-16-11-34/h5-9,12,17-20,35H,3-4,10-11,13-16,21-23H2,1-2H3,(H,36,37). The number of nitrogens with zero attached hydrogens (tertiary/aromatic N) is 4. The van der Waals surface area contributed by atoms with Crippen LogP contribution in [-0.4, -0.2) is 92.2 Å². The van der Waals surface area contributed by atoms with Gasteiger partial charge in [0.25, 0.3) is 5.69 Å². The van der Waals surface area contributed by atoms with Gasteiger partial charge in [-0.3, -0.25) is 14.9 Å². The van der Waals surface area contributed by atoms with Crippen LogP contribution in [0.5, 0.6) is 11.5 Å². The lowest BCUT2D eigenvalue weighted by Crippen LogP contribution is -2.59. The molecule has 2 fully saturated rings. The highest BCUT2D eigenvalue weighted by atomic mass is 32.2. The minimum atomic E-state index is -4.25. The Morgan fingerprint density at radius 1 is 1.12 bits per heavy atom. The van der Waals surface area contributed by atoms with Crippen molar-refractivity contribution in [3.05, 3.63) is 76.6 Å². The Bertz CT molecular complexity index is 1910. The molecule has 0 atom stereocenters. The van der Waals surface area contributed by atoms with E-state index in [0.717, 1.165) is 56.3 Å². The molecular weight excluding hydrogens is 636 g/mol. The van der Waals surface area contributed by atoms with Gasteiger partial charge in [0.15, 0.2) is 15.6 Å². The van der Waals surface area contributed by atoms with Crippen LogP contribution in [0.1, 0.15) is 37.0 Å². The van der Waals surface area contributed by atoms with E-state index in [1.165, 1.54) is 18.3 Å². The number of fused-ring (bicyclic) bond motifs is 1. The first kappa shape index (κ1) is 33.4. The van der Waals surface area contributed by atoms with Crippen LogP contribution in [0, 0.1) is 15.5 Å². The van der Waals surface area contributed by atoms with Crippen LogP contribution in [-0.2, 0) is 14.6 Å². The molecule has 0 unspecified atom stereocenters. The number of ketones is 1. The van der Waals surface area contributed by atoms with Gasteiger partial charge >= 0.3 is 0 Å². The molecule has 2 aromatic heterocycles. The molecule has 4 heterocycles. The first-order chi connectivity index (χ1) is 23.1. The Hall–Kier alpha value is -4.53. The van der Waals surface area contributed by atoms with E-state index >= 15 is 0 Å². The predicted molar refractivity (Wildman–Crippen MR) is 183 cm³/mol. The zero-order valence-corrected chi connectivity index (χ0v) is 27.9. The highest BCUT2D eigenvalue weighted by Gasteiger charge is 2.43. The van der Waals surface area contributed by atoms with Crippen LogP contribution in [0.4, 0.5) is 17.1 Å². The van der Waals surface area contributed by atoms with Crippen molar-refractivity contribution < 1.29 is 27.6 Å². The second-order valence-corrected chi connectivity index (χ2v) is 14.4. The summed E-state index contributed by atoms with van der Waals surface area (Å²) < 4.78 is 38.6. The first-order valence-electron chi connectivity index (χ1n) is 16.2. The SMILES string of the molecule is CCN(CC)c1ccc(C(=O)CS(=O)(=O)c2ccc(NCCN3CC4(CCOCC4)C3)c([N+](=O)[O-])c2)c(Oc2cnc3[nH]ccc3c2)c1. The molecule has 0 amide bonds. The third-order valence-electron chi connectivity index (χ3n) is 9.26. The fourth-order valence-corrected chi connectivity index (χ4v) is 7.82. The van der Waals surface area contributed by atoms with Crippen LogP contribution >= 0.6 is 0 Å². The summed E-state index contributed by atoms with van der Waals surface area (Å²) in [6.07, 6.45) is 5.39. The van der Waals surface area contributed by atoms with E-state index in [9.17, 15) is 23.3 Å². The van der Waals surface area contributed by atoms with Gasteiger partial charge in [0.05, 0.1) is 21.6 Å². The summed E-state index contributed by atoms with van der Waals surface area (Å²) in [5.41, 5.74) is 1.74. The van der Waals surface area contributed by atoms with Crippen molar-refractivity contribution in [3.63, 3.8) is 0 Å². The quantitative estimate of drug-likeness (QED) is 0.101. The molecule has 0 bridgehead atoms. The lowest BCUT2D eigenvalue weighted by atomic mass is 9.73. The number of carbonyl (C=O) groups excluding carboxylic acids is 1. The Morgan fingerprint density at radius 2 is 1.90 bits per heavy atom. The highest BCUT2D eigenvalue weighted by Crippen LogP contribution is 2.39. The number of hydrogen-bond donors (Lipinski definition) is 2. The number of Topliss-reactive ketones (excluding diaryl/α,β-unsaturated/α-hetero) is 1. The lowest BCUT2D eigenvalue weighted by Gasteiger charge is -2.52. The summed E-state index contributed by atoms with van der Waals surface area (Å²) >= 11 is 0. The molecule has 2 aliphatic rings. The van der Waals surface area contributed by atoms with Crippen LogP contribution < -0.4 is 15.0 Å². The number of hydrogen-bond acceptors (Lipinski definition) is 11. The normalized spacial score (nSPS) is 16.0. The number of benzene rings is 2. The number of aromatic nitrogens is 2. The van der Waals surface area contributed by atoms with E-state index in [4.69, 9.17) is 9.47 Å².